The monoisotopic (exact) mass is 295 g/mol. The van der Waals surface area contributed by atoms with E-state index in [9.17, 15) is 4.79 Å². The fourth-order valence-corrected chi connectivity index (χ4v) is 2.37. The van der Waals surface area contributed by atoms with Crippen LogP contribution in [-0.4, -0.2) is 32.9 Å². The highest BCUT2D eigenvalue weighted by molar-refractivity contribution is 5.79. The van der Waals surface area contributed by atoms with Crippen molar-refractivity contribution in [1.82, 2.24) is 25.3 Å². The molecule has 2 heterocycles. The summed E-state index contributed by atoms with van der Waals surface area (Å²) >= 11 is 0. The van der Waals surface area contributed by atoms with E-state index >= 15 is 0 Å². The van der Waals surface area contributed by atoms with Crippen molar-refractivity contribution < 1.29 is 4.79 Å². The molecule has 0 spiro atoms. The van der Waals surface area contributed by atoms with Crippen LogP contribution in [0.2, 0.25) is 0 Å². The number of carbonyl (C=O) groups excluding carboxylic acids is 1. The SMILES string of the molecule is CC(C)(CNC=O)c1ccc2[nH]c(-c3cnccn3)nc2c1. The van der Waals surface area contributed by atoms with E-state index in [1.54, 1.807) is 18.6 Å². The molecule has 0 aliphatic carbocycles. The van der Waals surface area contributed by atoms with Crippen molar-refractivity contribution in [3.05, 3.63) is 42.4 Å². The van der Waals surface area contributed by atoms with Gasteiger partial charge in [0.25, 0.3) is 0 Å². The summed E-state index contributed by atoms with van der Waals surface area (Å²) in [5.74, 6) is 0.698. The fourth-order valence-electron chi connectivity index (χ4n) is 2.37. The smallest absolute Gasteiger partial charge is 0.207 e. The molecule has 0 aliphatic rings. The summed E-state index contributed by atoms with van der Waals surface area (Å²) < 4.78 is 0. The molecule has 6 nitrogen and oxygen atoms in total. The van der Waals surface area contributed by atoms with Crippen LogP contribution >= 0.6 is 0 Å². The molecule has 0 fully saturated rings. The minimum absolute atomic E-state index is 0.166. The van der Waals surface area contributed by atoms with Crippen LogP contribution in [-0.2, 0) is 10.2 Å². The van der Waals surface area contributed by atoms with Crippen LogP contribution in [0.5, 0.6) is 0 Å². The van der Waals surface area contributed by atoms with E-state index in [0.717, 1.165) is 23.0 Å². The number of imidazole rings is 1. The van der Waals surface area contributed by atoms with Gasteiger partial charge < -0.3 is 10.3 Å². The van der Waals surface area contributed by atoms with Gasteiger partial charge in [-0.05, 0) is 17.7 Å². The second-order valence-corrected chi connectivity index (χ2v) is 5.79. The third-order valence-electron chi connectivity index (χ3n) is 3.70. The summed E-state index contributed by atoms with van der Waals surface area (Å²) in [4.78, 5) is 26.7. The third kappa shape index (κ3) is 2.67. The van der Waals surface area contributed by atoms with E-state index in [-0.39, 0.29) is 5.41 Å². The van der Waals surface area contributed by atoms with Crippen molar-refractivity contribution in [2.24, 2.45) is 0 Å². The molecule has 0 radical (unpaired) electrons. The first kappa shape index (κ1) is 14.2. The third-order valence-corrected chi connectivity index (χ3v) is 3.70. The Morgan fingerprint density at radius 1 is 1.32 bits per heavy atom. The summed E-state index contributed by atoms with van der Waals surface area (Å²) in [7, 11) is 0. The lowest BCUT2D eigenvalue weighted by molar-refractivity contribution is -0.109. The maximum absolute atomic E-state index is 10.5. The molecule has 112 valence electrons. The van der Waals surface area contributed by atoms with Crippen LogP contribution in [0.4, 0.5) is 0 Å². The van der Waals surface area contributed by atoms with Gasteiger partial charge in [0.05, 0.1) is 17.2 Å². The average Bonchev–Trinajstić information content (AvgIpc) is 2.97. The van der Waals surface area contributed by atoms with Crippen molar-refractivity contribution in [3.8, 4) is 11.5 Å². The number of aromatic amines is 1. The molecule has 3 rings (SSSR count). The number of aromatic nitrogens is 4. The quantitative estimate of drug-likeness (QED) is 0.706. The highest BCUT2D eigenvalue weighted by Crippen LogP contribution is 2.26. The number of rotatable bonds is 5. The normalized spacial score (nSPS) is 11.5. The van der Waals surface area contributed by atoms with E-state index in [1.807, 2.05) is 18.2 Å². The molecular weight excluding hydrogens is 278 g/mol. The molecule has 6 heteroatoms. The molecule has 2 aromatic heterocycles. The summed E-state index contributed by atoms with van der Waals surface area (Å²) in [6.45, 7) is 4.74. The Morgan fingerprint density at radius 3 is 2.91 bits per heavy atom. The van der Waals surface area contributed by atoms with Gasteiger partial charge in [0.2, 0.25) is 6.41 Å². The van der Waals surface area contributed by atoms with E-state index < -0.39 is 0 Å². The van der Waals surface area contributed by atoms with Gasteiger partial charge in [0, 0.05) is 24.4 Å². The lowest BCUT2D eigenvalue weighted by Gasteiger charge is -2.24. The van der Waals surface area contributed by atoms with Crippen molar-refractivity contribution in [2.75, 3.05) is 6.54 Å². The average molecular weight is 295 g/mol. The van der Waals surface area contributed by atoms with Crippen molar-refractivity contribution in [1.29, 1.82) is 0 Å². The number of nitrogens with one attached hydrogen (secondary N) is 2. The second-order valence-electron chi connectivity index (χ2n) is 5.79. The predicted molar refractivity (Wildman–Crippen MR) is 84.2 cm³/mol. The number of fused-ring (bicyclic) bond motifs is 1. The molecule has 22 heavy (non-hydrogen) atoms. The molecule has 0 aliphatic heterocycles. The first-order valence-electron chi connectivity index (χ1n) is 7.04. The van der Waals surface area contributed by atoms with Gasteiger partial charge in [0.1, 0.15) is 5.69 Å². The Bertz CT molecular complexity index is 795. The van der Waals surface area contributed by atoms with Gasteiger partial charge in [0.15, 0.2) is 5.82 Å². The van der Waals surface area contributed by atoms with E-state index in [0.29, 0.717) is 18.1 Å². The van der Waals surface area contributed by atoms with Gasteiger partial charge in [-0.15, -0.1) is 0 Å². The van der Waals surface area contributed by atoms with Gasteiger partial charge in [-0.3, -0.25) is 9.78 Å². The van der Waals surface area contributed by atoms with Crippen LogP contribution in [0.3, 0.4) is 0 Å². The number of nitrogens with zero attached hydrogens (tertiary/aromatic N) is 3. The number of benzene rings is 1. The molecular formula is C16H17N5O. The molecule has 0 bridgehead atoms. The van der Waals surface area contributed by atoms with Crippen molar-refractivity contribution >= 4 is 17.4 Å². The molecule has 0 unspecified atom stereocenters. The molecule has 1 aromatic carbocycles. The minimum Gasteiger partial charge on any atom is -0.358 e. The molecule has 0 saturated carbocycles. The van der Waals surface area contributed by atoms with Crippen LogP contribution in [0.1, 0.15) is 19.4 Å². The Balaban J connectivity index is 1.98. The fraction of sp³-hybridized carbons (Fsp3) is 0.250. The molecule has 1 amide bonds. The number of carbonyl (C=O) groups is 1. The predicted octanol–water partition coefficient (Wildman–Crippen LogP) is 2.04. The van der Waals surface area contributed by atoms with Crippen LogP contribution in [0, 0.1) is 0 Å². The number of hydrogen-bond acceptors (Lipinski definition) is 4. The zero-order chi connectivity index (χ0) is 15.6. The first-order valence-corrected chi connectivity index (χ1v) is 7.04. The number of amides is 1. The molecule has 0 saturated heterocycles. The van der Waals surface area contributed by atoms with Gasteiger partial charge in [-0.2, -0.15) is 0 Å². The minimum atomic E-state index is -0.166. The Hall–Kier alpha value is -2.76. The molecule has 0 atom stereocenters. The molecule has 2 N–H and O–H groups in total. The Kier molecular flexibility index (Phi) is 3.58. The summed E-state index contributed by atoms with van der Waals surface area (Å²) in [6, 6.07) is 6.09. The Labute approximate surface area is 128 Å². The largest absolute Gasteiger partial charge is 0.358 e. The van der Waals surface area contributed by atoms with E-state index in [2.05, 4.69) is 39.1 Å². The summed E-state index contributed by atoms with van der Waals surface area (Å²) in [6.07, 6.45) is 5.67. The van der Waals surface area contributed by atoms with Gasteiger partial charge >= 0.3 is 0 Å². The zero-order valence-electron chi connectivity index (χ0n) is 12.5. The first-order chi connectivity index (χ1) is 10.6. The van der Waals surface area contributed by atoms with Gasteiger partial charge in [-0.25, -0.2) is 9.97 Å². The lowest BCUT2D eigenvalue weighted by atomic mass is 9.84. The van der Waals surface area contributed by atoms with Crippen molar-refractivity contribution in [3.63, 3.8) is 0 Å². The highest BCUT2D eigenvalue weighted by Gasteiger charge is 2.21. The topological polar surface area (TPSA) is 83.6 Å². The Morgan fingerprint density at radius 2 is 2.18 bits per heavy atom. The highest BCUT2D eigenvalue weighted by atomic mass is 16.1. The molecule has 3 aromatic rings. The standard InChI is InChI=1S/C16H17N5O/c1-16(2,9-18-10-22)11-3-4-12-13(7-11)21-15(20-12)14-8-17-5-6-19-14/h3-8,10H,9H2,1-2H3,(H,18,22)(H,20,21). The zero-order valence-corrected chi connectivity index (χ0v) is 12.5. The van der Waals surface area contributed by atoms with E-state index in [4.69, 9.17) is 0 Å². The maximum Gasteiger partial charge on any atom is 0.207 e. The maximum atomic E-state index is 10.5. The van der Waals surface area contributed by atoms with Crippen molar-refractivity contribution in [2.45, 2.75) is 19.3 Å². The summed E-state index contributed by atoms with van der Waals surface area (Å²) in [5.41, 5.74) is 3.48. The number of hydrogen-bond donors (Lipinski definition) is 2. The second kappa shape index (κ2) is 5.55. The number of H-pyrrole nitrogens is 1. The van der Waals surface area contributed by atoms with Crippen LogP contribution < -0.4 is 5.32 Å². The summed E-state index contributed by atoms with van der Waals surface area (Å²) in [5, 5.41) is 2.74. The lowest BCUT2D eigenvalue weighted by Crippen LogP contribution is -2.32. The van der Waals surface area contributed by atoms with Gasteiger partial charge in [-0.1, -0.05) is 19.9 Å². The van der Waals surface area contributed by atoms with Crippen LogP contribution in [0.25, 0.3) is 22.6 Å². The van der Waals surface area contributed by atoms with Crippen LogP contribution in [0.15, 0.2) is 36.8 Å². The van der Waals surface area contributed by atoms with E-state index in [1.165, 1.54) is 0 Å².